The molecule has 0 atom stereocenters. The molecular formula is C6H7N3O. The van der Waals surface area contributed by atoms with Gasteiger partial charge in [0.05, 0.1) is 7.59 Å². The normalized spacial score (nSPS) is 23.2. The Bertz CT molecular complexity index is 259. The highest BCUT2D eigenvalue weighted by molar-refractivity contribution is 5.78. The Labute approximate surface area is 59.8 Å². The molecule has 2 aliphatic rings. The van der Waals surface area contributed by atoms with Crippen molar-refractivity contribution in [3.8, 4) is 0 Å². The summed E-state index contributed by atoms with van der Waals surface area (Å²) < 4.78 is 12.5. The Morgan fingerprint density at radius 3 is 3.90 bits per heavy atom. The number of nitrogens with one attached hydrogen (secondary N) is 1. The van der Waals surface area contributed by atoms with Crippen LogP contribution in [0.1, 0.15) is 1.37 Å². The fourth-order valence-corrected chi connectivity index (χ4v) is 0.765. The van der Waals surface area contributed by atoms with Crippen molar-refractivity contribution in [3.63, 3.8) is 0 Å². The monoisotopic (exact) mass is 138 g/mol. The first kappa shape index (κ1) is 4.38. The Kier molecular flexibility index (Phi) is 0.901. The zero-order valence-corrected chi connectivity index (χ0v) is 5.24. The first-order valence-corrected chi connectivity index (χ1v) is 2.95. The van der Waals surface area contributed by atoms with Crippen molar-refractivity contribution in [2.45, 2.75) is 0 Å². The quantitative estimate of drug-likeness (QED) is 0.518. The number of allylic oxidation sites excluding steroid dienone is 1. The van der Waals surface area contributed by atoms with Gasteiger partial charge in [-0.15, -0.1) is 0 Å². The van der Waals surface area contributed by atoms with E-state index >= 15 is 0 Å². The summed E-state index contributed by atoms with van der Waals surface area (Å²) in [6.45, 7) is 0.439. The van der Waals surface area contributed by atoms with Gasteiger partial charge in [0.1, 0.15) is 18.6 Å². The lowest BCUT2D eigenvalue weighted by molar-refractivity contribution is 0.284. The van der Waals surface area contributed by atoms with Crippen LogP contribution in [0.3, 0.4) is 0 Å². The molecule has 0 aromatic heterocycles. The van der Waals surface area contributed by atoms with Gasteiger partial charge < -0.3 is 4.74 Å². The van der Waals surface area contributed by atoms with Crippen LogP contribution in [0.4, 0.5) is 0 Å². The van der Waals surface area contributed by atoms with E-state index in [0.29, 0.717) is 12.8 Å². The highest BCUT2D eigenvalue weighted by Crippen LogP contribution is 2.07. The van der Waals surface area contributed by atoms with Crippen LogP contribution in [0.25, 0.3) is 0 Å². The summed E-state index contributed by atoms with van der Waals surface area (Å²) in [5.74, 6) is 0. The lowest BCUT2D eigenvalue weighted by Crippen LogP contribution is -2.21. The fraction of sp³-hybridized carbons (Fsp3) is 0.167. The van der Waals surface area contributed by atoms with Gasteiger partial charge in [0.15, 0.2) is 0 Å². The number of fused-ring (bicyclic) bond motifs is 1. The van der Waals surface area contributed by atoms with Crippen molar-refractivity contribution in [2.75, 3.05) is 6.61 Å². The summed E-state index contributed by atoms with van der Waals surface area (Å²) in [6.07, 6.45) is 5.19. The number of hydrazone groups is 1. The third-order valence-electron chi connectivity index (χ3n) is 1.22. The van der Waals surface area contributed by atoms with Gasteiger partial charge >= 0.3 is 0 Å². The molecule has 10 heavy (non-hydrogen) atoms. The van der Waals surface area contributed by atoms with E-state index in [4.69, 9.17) is 6.11 Å². The van der Waals surface area contributed by atoms with Crippen LogP contribution in [0.15, 0.2) is 29.3 Å². The first-order chi connectivity index (χ1) is 5.38. The topological polar surface area (TPSA) is 36.9 Å². The van der Waals surface area contributed by atoms with E-state index in [9.17, 15) is 0 Å². The maximum atomic E-state index is 7.46. The highest BCUT2D eigenvalue weighted by Gasteiger charge is 2.10. The van der Waals surface area contributed by atoms with E-state index in [1.807, 2.05) is 0 Å². The molecule has 0 saturated carbocycles. The molecule has 52 valence electrons. The van der Waals surface area contributed by atoms with E-state index in [-0.39, 0.29) is 0 Å². The molecule has 0 fully saturated rings. The molecule has 0 saturated heterocycles. The van der Waals surface area contributed by atoms with Crippen LogP contribution in [0.2, 0.25) is 0 Å². The average Bonchev–Trinajstić information content (AvgIpc) is 2.40. The number of nitrogens with zero attached hydrogens (tertiary/aromatic N) is 2. The minimum atomic E-state index is 0.353. The lowest BCUT2D eigenvalue weighted by atomic mass is 10.5. The van der Waals surface area contributed by atoms with Gasteiger partial charge in [0.25, 0.3) is 0 Å². The molecule has 0 radical (unpaired) electrons. The van der Waals surface area contributed by atoms with Crippen LogP contribution in [0.5, 0.6) is 0 Å². The van der Waals surface area contributed by atoms with Gasteiger partial charge in [0.2, 0.25) is 0 Å². The van der Waals surface area contributed by atoms with Gasteiger partial charge in [0, 0.05) is 6.18 Å². The summed E-state index contributed by atoms with van der Waals surface area (Å²) in [7, 11) is 0. The molecule has 0 spiro atoms. The lowest BCUT2D eigenvalue weighted by Gasteiger charge is -2.09. The molecule has 0 aromatic carbocycles. The SMILES string of the molecule is [2H]C1=CCOC=C2C=NNN12. The van der Waals surface area contributed by atoms with Crippen LogP contribution < -0.4 is 5.53 Å². The summed E-state index contributed by atoms with van der Waals surface area (Å²) in [5, 5.41) is 5.30. The summed E-state index contributed by atoms with van der Waals surface area (Å²) in [4.78, 5) is 0. The Hall–Kier alpha value is -1.45. The second-order valence-electron chi connectivity index (χ2n) is 1.90. The number of hydrogen-bond acceptors (Lipinski definition) is 4. The standard InChI is InChI=1S/C6H7N3O/c1-2-9-6(4-7-8-9)5-10-3-1/h1-2,4-5,8H,3H2/i2D. The van der Waals surface area contributed by atoms with E-state index in [1.54, 1.807) is 18.6 Å². The third-order valence-corrected chi connectivity index (χ3v) is 1.22. The van der Waals surface area contributed by atoms with Crippen LogP contribution in [-0.2, 0) is 4.74 Å². The van der Waals surface area contributed by atoms with Crippen molar-refractivity contribution < 1.29 is 6.11 Å². The molecule has 2 aliphatic heterocycles. The molecule has 0 bridgehead atoms. The molecule has 4 nitrogen and oxygen atoms in total. The van der Waals surface area contributed by atoms with Gasteiger partial charge in [-0.05, 0) is 6.08 Å². The number of ether oxygens (including phenoxy) is 1. The summed E-state index contributed by atoms with van der Waals surface area (Å²) in [6, 6.07) is 0. The number of rotatable bonds is 0. The minimum absolute atomic E-state index is 0.353. The van der Waals surface area contributed by atoms with Crippen molar-refractivity contribution in [1.82, 2.24) is 10.5 Å². The van der Waals surface area contributed by atoms with Crippen LogP contribution >= 0.6 is 0 Å². The number of hydrogen-bond donors (Lipinski definition) is 1. The van der Waals surface area contributed by atoms with E-state index in [1.165, 1.54) is 5.01 Å². The van der Waals surface area contributed by atoms with Gasteiger partial charge in [-0.3, -0.25) is 0 Å². The first-order valence-electron chi connectivity index (χ1n) is 3.45. The summed E-state index contributed by atoms with van der Waals surface area (Å²) >= 11 is 0. The molecule has 1 N–H and O–H groups in total. The van der Waals surface area contributed by atoms with Crippen molar-refractivity contribution in [1.29, 1.82) is 0 Å². The van der Waals surface area contributed by atoms with Crippen LogP contribution in [0, 0.1) is 0 Å². The molecule has 0 amide bonds. The maximum absolute atomic E-state index is 7.46. The Morgan fingerprint density at radius 1 is 1.90 bits per heavy atom. The predicted octanol–water partition coefficient (Wildman–Crippen LogP) is 0.178. The third kappa shape index (κ3) is 0.737. The highest BCUT2D eigenvalue weighted by atomic mass is 16.5. The molecule has 0 unspecified atom stereocenters. The second kappa shape index (κ2) is 2.06. The maximum Gasteiger partial charge on any atom is 0.118 e. The van der Waals surface area contributed by atoms with E-state index < -0.39 is 0 Å². The van der Waals surface area contributed by atoms with E-state index in [0.717, 1.165) is 5.70 Å². The fourth-order valence-electron chi connectivity index (χ4n) is 0.765. The van der Waals surface area contributed by atoms with Crippen molar-refractivity contribution >= 4 is 6.21 Å². The largest absolute Gasteiger partial charge is 0.495 e. The molecular weight excluding hydrogens is 130 g/mol. The molecule has 2 rings (SSSR count). The molecule has 0 aromatic rings. The zero-order valence-electron chi connectivity index (χ0n) is 6.24. The second-order valence-corrected chi connectivity index (χ2v) is 1.90. The van der Waals surface area contributed by atoms with Gasteiger partial charge in [-0.2, -0.15) is 5.10 Å². The summed E-state index contributed by atoms with van der Waals surface area (Å²) in [5.41, 5.74) is 3.40. The van der Waals surface area contributed by atoms with E-state index in [2.05, 4.69) is 10.6 Å². The van der Waals surface area contributed by atoms with Gasteiger partial charge in [-0.25, -0.2) is 10.5 Å². The van der Waals surface area contributed by atoms with Crippen LogP contribution in [-0.4, -0.2) is 17.8 Å². The number of hydrazine groups is 1. The molecule has 2 heterocycles. The zero-order chi connectivity index (χ0) is 7.68. The smallest absolute Gasteiger partial charge is 0.118 e. The Morgan fingerprint density at radius 2 is 2.90 bits per heavy atom. The van der Waals surface area contributed by atoms with Gasteiger partial charge in [-0.1, -0.05) is 0 Å². The minimum Gasteiger partial charge on any atom is -0.495 e. The van der Waals surface area contributed by atoms with Crippen molar-refractivity contribution in [3.05, 3.63) is 24.2 Å². The molecule has 4 heteroatoms. The average molecular weight is 138 g/mol. The Balaban J connectivity index is 2.32. The molecule has 0 aliphatic carbocycles. The van der Waals surface area contributed by atoms with Crippen molar-refractivity contribution in [2.24, 2.45) is 5.10 Å². The predicted molar refractivity (Wildman–Crippen MR) is 36.6 cm³/mol.